The average molecular weight is 310 g/mol. The van der Waals surface area contributed by atoms with Gasteiger partial charge in [0.15, 0.2) is 0 Å². The minimum atomic E-state index is -0.251. The van der Waals surface area contributed by atoms with E-state index < -0.39 is 0 Å². The van der Waals surface area contributed by atoms with E-state index in [9.17, 15) is 9.90 Å². The summed E-state index contributed by atoms with van der Waals surface area (Å²) in [5, 5.41) is 13.3. The molecule has 126 valence electrons. The fourth-order valence-electron chi connectivity index (χ4n) is 4.30. The van der Waals surface area contributed by atoms with Crippen LogP contribution >= 0.6 is 0 Å². The molecule has 0 bridgehead atoms. The minimum absolute atomic E-state index is 0.132. The van der Waals surface area contributed by atoms with Crippen LogP contribution in [0, 0.1) is 5.41 Å². The van der Waals surface area contributed by atoms with Crippen LogP contribution in [-0.2, 0) is 9.53 Å². The highest BCUT2D eigenvalue weighted by atomic mass is 16.5. The molecule has 2 saturated heterocycles. The number of carbonyl (C=O) groups excluding carboxylic acids is 1. The van der Waals surface area contributed by atoms with Crippen molar-refractivity contribution in [1.29, 1.82) is 0 Å². The lowest BCUT2D eigenvalue weighted by Gasteiger charge is -2.48. The van der Waals surface area contributed by atoms with Gasteiger partial charge >= 0.3 is 0 Å². The minimum Gasteiger partial charge on any atom is -0.394 e. The zero-order chi connectivity index (χ0) is 15.5. The number of nitrogens with zero attached hydrogens (tertiary/aromatic N) is 1. The Bertz CT molecular complexity index is 377. The first-order valence-electron chi connectivity index (χ1n) is 8.89. The van der Waals surface area contributed by atoms with Crippen molar-refractivity contribution in [3.63, 3.8) is 0 Å². The maximum atomic E-state index is 12.2. The highest BCUT2D eigenvalue weighted by Crippen LogP contribution is 2.47. The van der Waals surface area contributed by atoms with Crippen LogP contribution in [0.25, 0.3) is 0 Å². The molecule has 2 N–H and O–H groups in total. The summed E-state index contributed by atoms with van der Waals surface area (Å²) in [4.78, 5) is 14.2. The molecular weight excluding hydrogens is 280 g/mol. The number of nitrogens with one attached hydrogen (secondary N) is 1. The lowest BCUT2D eigenvalue weighted by molar-refractivity contribution is -0.129. The van der Waals surface area contributed by atoms with Crippen LogP contribution in [0.1, 0.15) is 51.4 Å². The fraction of sp³-hybridized carbons (Fsp3) is 0.941. The number of amides is 1. The van der Waals surface area contributed by atoms with Crippen LogP contribution in [0.5, 0.6) is 0 Å². The average Bonchev–Trinajstić information content (AvgIpc) is 3.10. The molecule has 1 saturated carbocycles. The van der Waals surface area contributed by atoms with Crippen molar-refractivity contribution in [2.24, 2.45) is 5.41 Å². The van der Waals surface area contributed by atoms with E-state index in [-0.39, 0.29) is 18.1 Å². The van der Waals surface area contributed by atoms with Crippen LogP contribution in [0.15, 0.2) is 0 Å². The molecule has 3 aliphatic rings. The third-order valence-corrected chi connectivity index (χ3v) is 6.20. The molecule has 0 aromatic heterocycles. The van der Waals surface area contributed by atoms with Gasteiger partial charge in [-0.15, -0.1) is 0 Å². The van der Waals surface area contributed by atoms with Crippen LogP contribution in [0.2, 0.25) is 0 Å². The SMILES string of the molecule is O=C(CNC1(CO)CCC2(CCOCC2)CC1)N1CCCC1. The van der Waals surface area contributed by atoms with Gasteiger partial charge in [0.1, 0.15) is 0 Å². The van der Waals surface area contributed by atoms with Crippen LogP contribution in [0.3, 0.4) is 0 Å². The smallest absolute Gasteiger partial charge is 0.236 e. The highest BCUT2D eigenvalue weighted by molar-refractivity contribution is 5.78. The van der Waals surface area contributed by atoms with E-state index >= 15 is 0 Å². The van der Waals surface area contributed by atoms with Gasteiger partial charge in [0.2, 0.25) is 5.91 Å². The molecule has 0 aromatic rings. The summed E-state index contributed by atoms with van der Waals surface area (Å²) in [6.07, 6.45) is 8.78. The predicted molar refractivity (Wildman–Crippen MR) is 84.6 cm³/mol. The van der Waals surface area contributed by atoms with Crippen LogP contribution in [0.4, 0.5) is 0 Å². The van der Waals surface area contributed by atoms with E-state index in [1.165, 1.54) is 0 Å². The zero-order valence-corrected chi connectivity index (χ0v) is 13.6. The number of hydrogen-bond acceptors (Lipinski definition) is 4. The van der Waals surface area contributed by atoms with Gasteiger partial charge in [-0.1, -0.05) is 0 Å². The van der Waals surface area contributed by atoms with Crippen molar-refractivity contribution < 1.29 is 14.6 Å². The van der Waals surface area contributed by atoms with Gasteiger partial charge in [-0.05, 0) is 56.8 Å². The number of rotatable bonds is 4. The second-order valence-corrected chi connectivity index (χ2v) is 7.49. The molecule has 0 aromatic carbocycles. The number of ether oxygens (including phenoxy) is 1. The largest absolute Gasteiger partial charge is 0.394 e. The highest BCUT2D eigenvalue weighted by Gasteiger charge is 2.43. The molecular formula is C17H30N2O3. The van der Waals surface area contributed by atoms with E-state index in [1.807, 2.05) is 4.90 Å². The van der Waals surface area contributed by atoms with E-state index in [0.717, 1.165) is 77.7 Å². The Morgan fingerprint density at radius 2 is 1.68 bits per heavy atom. The maximum absolute atomic E-state index is 12.2. The van der Waals surface area contributed by atoms with Crippen molar-refractivity contribution in [1.82, 2.24) is 10.2 Å². The molecule has 0 unspecified atom stereocenters. The van der Waals surface area contributed by atoms with Crippen molar-refractivity contribution in [2.75, 3.05) is 39.5 Å². The molecule has 1 amide bonds. The first-order chi connectivity index (χ1) is 10.7. The zero-order valence-electron chi connectivity index (χ0n) is 13.6. The van der Waals surface area contributed by atoms with E-state index in [1.54, 1.807) is 0 Å². The second-order valence-electron chi connectivity index (χ2n) is 7.49. The summed E-state index contributed by atoms with van der Waals surface area (Å²) in [7, 11) is 0. The fourth-order valence-corrected chi connectivity index (χ4v) is 4.30. The Morgan fingerprint density at radius 1 is 1.05 bits per heavy atom. The van der Waals surface area contributed by atoms with Gasteiger partial charge in [-0.2, -0.15) is 0 Å². The lowest BCUT2D eigenvalue weighted by atomic mass is 9.64. The number of hydrogen-bond donors (Lipinski definition) is 2. The summed E-state index contributed by atoms with van der Waals surface area (Å²) in [6, 6.07) is 0. The van der Waals surface area contributed by atoms with Crippen molar-refractivity contribution in [3.05, 3.63) is 0 Å². The van der Waals surface area contributed by atoms with Gasteiger partial charge in [0.25, 0.3) is 0 Å². The van der Waals surface area contributed by atoms with Gasteiger partial charge in [-0.25, -0.2) is 0 Å². The molecule has 1 aliphatic carbocycles. The topological polar surface area (TPSA) is 61.8 Å². The van der Waals surface area contributed by atoms with Crippen LogP contribution in [-0.4, -0.2) is 60.9 Å². The summed E-state index contributed by atoms with van der Waals surface area (Å²) >= 11 is 0. The first-order valence-corrected chi connectivity index (χ1v) is 8.89. The third-order valence-electron chi connectivity index (χ3n) is 6.20. The molecule has 5 heteroatoms. The predicted octanol–water partition coefficient (Wildman–Crippen LogP) is 1.30. The molecule has 22 heavy (non-hydrogen) atoms. The molecule has 5 nitrogen and oxygen atoms in total. The van der Waals surface area contributed by atoms with Gasteiger partial charge in [0.05, 0.1) is 13.2 Å². The summed E-state index contributed by atoms with van der Waals surface area (Å²) in [6.45, 7) is 4.06. The molecule has 2 heterocycles. The first kappa shape index (κ1) is 16.2. The standard InChI is InChI=1S/C17H30N2O3/c20-14-17(18-13-15(21)19-9-1-2-10-19)5-3-16(4-6-17)7-11-22-12-8-16/h18,20H,1-14H2. The summed E-state index contributed by atoms with van der Waals surface area (Å²) in [5.74, 6) is 0.191. The molecule has 0 atom stereocenters. The normalized spacial score (nSPS) is 27.2. The lowest BCUT2D eigenvalue weighted by Crippen LogP contribution is -2.55. The van der Waals surface area contributed by atoms with Crippen molar-refractivity contribution in [2.45, 2.75) is 56.9 Å². The molecule has 1 spiro atoms. The maximum Gasteiger partial charge on any atom is 0.236 e. The number of likely N-dealkylation sites (tertiary alicyclic amines) is 1. The third kappa shape index (κ3) is 3.47. The van der Waals surface area contributed by atoms with Crippen LogP contribution < -0.4 is 5.32 Å². The van der Waals surface area contributed by atoms with Crippen molar-refractivity contribution >= 4 is 5.91 Å². The Labute approximate surface area is 133 Å². The number of aliphatic hydroxyl groups excluding tert-OH is 1. The Morgan fingerprint density at radius 3 is 2.27 bits per heavy atom. The van der Waals surface area contributed by atoms with E-state index in [4.69, 9.17) is 4.74 Å². The molecule has 3 rings (SSSR count). The monoisotopic (exact) mass is 310 g/mol. The van der Waals surface area contributed by atoms with E-state index in [2.05, 4.69) is 5.32 Å². The summed E-state index contributed by atoms with van der Waals surface area (Å²) in [5.41, 5.74) is 0.177. The second kappa shape index (κ2) is 6.85. The number of carbonyl (C=O) groups is 1. The van der Waals surface area contributed by atoms with Gasteiger partial charge in [0, 0.05) is 31.8 Å². The molecule has 3 fully saturated rings. The van der Waals surface area contributed by atoms with Gasteiger partial charge < -0.3 is 20.1 Å². The van der Waals surface area contributed by atoms with Crippen molar-refractivity contribution in [3.8, 4) is 0 Å². The summed E-state index contributed by atoms with van der Waals surface area (Å²) < 4.78 is 5.50. The van der Waals surface area contributed by atoms with Gasteiger partial charge in [-0.3, -0.25) is 4.79 Å². The molecule has 0 radical (unpaired) electrons. The molecule has 2 aliphatic heterocycles. The Kier molecular flexibility index (Phi) is 5.05. The quantitative estimate of drug-likeness (QED) is 0.822. The van der Waals surface area contributed by atoms with E-state index in [0.29, 0.717) is 12.0 Å². The Balaban J connectivity index is 1.51. The number of aliphatic hydroxyl groups is 1. The Hall–Kier alpha value is -0.650.